The molecule has 4 heteroatoms. The van der Waals surface area contributed by atoms with Gasteiger partial charge in [0.25, 0.3) is 0 Å². The number of hydrogen-bond donors (Lipinski definition) is 0. The van der Waals surface area contributed by atoms with Crippen molar-refractivity contribution in [3.05, 3.63) is 22.8 Å². The summed E-state index contributed by atoms with van der Waals surface area (Å²) in [7, 11) is 0. The van der Waals surface area contributed by atoms with Crippen LogP contribution in [-0.2, 0) is 0 Å². The normalized spacial score (nSPS) is 9.18. The van der Waals surface area contributed by atoms with Crippen molar-refractivity contribution in [2.75, 3.05) is 6.26 Å². The first-order chi connectivity index (χ1) is 5.27. The van der Waals surface area contributed by atoms with Crippen LogP contribution in [0.4, 0.5) is 0 Å². The van der Waals surface area contributed by atoms with Gasteiger partial charge in [-0.3, -0.25) is 0 Å². The lowest BCUT2D eigenvalue weighted by atomic mass is 10.3. The molecular formula is C7H5ClN2S. The molecule has 0 radical (unpaired) electrons. The van der Waals surface area contributed by atoms with E-state index in [1.54, 1.807) is 6.07 Å². The van der Waals surface area contributed by atoms with Gasteiger partial charge in [-0.2, -0.15) is 5.26 Å². The first kappa shape index (κ1) is 8.38. The number of halogens is 1. The topological polar surface area (TPSA) is 36.7 Å². The molecule has 0 saturated carbocycles. The molecule has 0 N–H and O–H groups in total. The highest BCUT2D eigenvalue weighted by molar-refractivity contribution is 7.98. The molecule has 0 fully saturated rings. The van der Waals surface area contributed by atoms with Gasteiger partial charge >= 0.3 is 0 Å². The molecule has 0 aromatic carbocycles. The number of thioether (sulfide) groups is 1. The van der Waals surface area contributed by atoms with Gasteiger partial charge in [-0.05, 0) is 12.3 Å². The summed E-state index contributed by atoms with van der Waals surface area (Å²) < 4.78 is 0. The van der Waals surface area contributed by atoms with E-state index in [0.29, 0.717) is 10.6 Å². The largest absolute Gasteiger partial charge is 0.247 e. The average Bonchev–Trinajstić information content (AvgIpc) is 2.04. The fourth-order valence-electron chi connectivity index (χ4n) is 0.669. The Morgan fingerprint density at radius 2 is 2.45 bits per heavy atom. The summed E-state index contributed by atoms with van der Waals surface area (Å²) in [5, 5.41) is 9.83. The molecule has 0 aliphatic rings. The van der Waals surface area contributed by atoms with Gasteiger partial charge < -0.3 is 0 Å². The Hall–Kier alpha value is -0.720. The summed E-state index contributed by atoms with van der Waals surface area (Å²) >= 11 is 7.07. The maximum atomic E-state index is 8.61. The summed E-state index contributed by atoms with van der Waals surface area (Å²) in [5.74, 6) is 0. The van der Waals surface area contributed by atoms with Gasteiger partial charge in [0.05, 0.1) is 10.6 Å². The molecule has 1 aromatic rings. The molecule has 1 rings (SSSR count). The minimum Gasteiger partial charge on any atom is -0.247 e. The standard InChI is InChI=1S/C7H5ClN2S/c1-11-7-5(3-9)2-6(8)4-10-7/h2,4H,1H3. The number of pyridine rings is 1. The summed E-state index contributed by atoms with van der Waals surface area (Å²) in [6, 6.07) is 3.63. The molecule has 0 bridgehead atoms. The fraction of sp³-hybridized carbons (Fsp3) is 0.143. The minimum absolute atomic E-state index is 0.499. The monoisotopic (exact) mass is 184 g/mol. The molecule has 0 aliphatic heterocycles. The molecule has 0 saturated heterocycles. The van der Waals surface area contributed by atoms with Crippen LogP contribution in [0.3, 0.4) is 0 Å². The Bertz CT molecular complexity index is 306. The van der Waals surface area contributed by atoms with Crippen LogP contribution in [0.2, 0.25) is 5.02 Å². The van der Waals surface area contributed by atoms with Crippen LogP contribution in [-0.4, -0.2) is 11.2 Å². The Balaban J connectivity index is 3.19. The second-order valence-corrected chi connectivity index (χ2v) is 3.05. The zero-order chi connectivity index (χ0) is 8.27. The average molecular weight is 185 g/mol. The molecular weight excluding hydrogens is 180 g/mol. The molecule has 0 aliphatic carbocycles. The number of rotatable bonds is 1. The van der Waals surface area contributed by atoms with Gasteiger partial charge in [0.15, 0.2) is 0 Å². The lowest BCUT2D eigenvalue weighted by Gasteiger charge is -1.97. The molecule has 1 aromatic heterocycles. The first-order valence-corrected chi connectivity index (χ1v) is 4.48. The molecule has 1 heterocycles. The van der Waals surface area contributed by atoms with Crippen LogP contribution < -0.4 is 0 Å². The Labute approximate surface area is 74.2 Å². The van der Waals surface area contributed by atoms with E-state index in [0.717, 1.165) is 5.03 Å². The van der Waals surface area contributed by atoms with Crippen molar-refractivity contribution in [2.45, 2.75) is 5.03 Å². The lowest BCUT2D eigenvalue weighted by Crippen LogP contribution is -1.84. The van der Waals surface area contributed by atoms with Crippen molar-refractivity contribution in [2.24, 2.45) is 0 Å². The summed E-state index contributed by atoms with van der Waals surface area (Å²) in [6.07, 6.45) is 3.41. The quantitative estimate of drug-likeness (QED) is 0.629. The van der Waals surface area contributed by atoms with Crippen LogP contribution in [0.25, 0.3) is 0 Å². The highest BCUT2D eigenvalue weighted by atomic mass is 35.5. The third kappa shape index (κ3) is 1.86. The van der Waals surface area contributed by atoms with E-state index in [1.807, 2.05) is 12.3 Å². The Morgan fingerprint density at radius 1 is 1.73 bits per heavy atom. The van der Waals surface area contributed by atoms with Crippen LogP contribution in [0, 0.1) is 11.3 Å². The first-order valence-electron chi connectivity index (χ1n) is 2.87. The van der Waals surface area contributed by atoms with Crippen LogP contribution in [0.5, 0.6) is 0 Å². The van der Waals surface area contributed by atoms with E-state index < -0.39 is 0 Å². The molecule has 0 spiro atoms. The van der Waals surface area contributed by atoms with E-state index in [-0.39, 0.29) is 0 Å². The second-order valence-electron chi connectivity index (χ2n) is 1.82. The number of nitriles is 1. The van der Waals surface area contributed by atoms with Crippen molar-refractivity contribution in [3.63, 3.8) is 0 Å². The molecule has 0 atom stereocenters. The van der Waals surface area contributed by atoms with Gasteiger partial charge in [0.2, 0.25) is 0 Å². The zero-order valence-electron chi connectivity index (χ0n) is 5.84. The Kier molecular flexibility index (Phi) is 2.75. The molecule has 0 amide bonds. The number of aromatic nitrogens is 1. The van der Waals surface area contributed by atoms with Crippen molar-refractivity contribution in [1.82, 2.24) is 4.98 Å². The Morgan fingerprint density at radius 3 is 3.00 bits per heavy atom. The summed E-state index contributed by atoms with van der Waals surface area (Å²) in [4.78, 5) is 3.98. The smallest absolute Gasteiger partial charge is 0.114 e. The number of hydrogen-bond acceptors (Lipinski definition) is 3. The highest BCUT2D eigenvalue weighted by Crippen LogP contribution is 2.19. The predicted octanol–water partition coefficient (Wildman–Crippen LogP) is 2.33. The summed E-state index contributed by atoms with van der Waals surface area (Å²) in [6.45, 7) is 0. The third-order valence-corrected chi connectivity index (χ3v) is 2.05. The van der Waals surface area contributed by atoms with E-state index >= 15 is 0 Å². The van der Waals surface area contributed by atoms with E-state index in [1.165, 1.54) is 18.0 Å². The molecule has 11 heavy (non-hydrogen) atoms. The predicted molar refractivity (Wildman–Crippen MR) is 45.7 cm³/mol. The number of nitrogens with zero attached hydrogens (tertiary/aromatic N) is 2. The van der Waals surface area contributed by atoms with Crippen LogP contribution in [0.1, 0.15) is 5.56 Å². The van der Waals surface area contributed by atoms with Crippen LogP contribution >= 0.6 is 23.4 Å². The minimum atomic E-state index is 0.499. The van der Waals surface area contributed by atoms with E-state index in [4.69, 9.17) is 16.9 Å². The van der Waals surface area contributed by atoms with Gasteiger partial charge in [0, 0.05) is 6.20 Å². The van der Waals surface area contributed by atoms with E-state index in [9.17, 15) is 0 Å². The van der Waals surface area contributed by atoms with E-state index in [2.05, 4.69) is 4.98 Å². The molecule has 56 valence electrons. The van der Waals surface area contributed by atoms with Crippen molar-refractivity contribution >= 4 is 23.4 Å². The lowest BCUT2D eigenvalue weighted by molar-refractivity contribution is 1.11. The SMILES string of the molecule is CSc1ncc(Cl)cc1C#N. The van der Waals surface area contributed by atoms with Gasteiger partial charge in [-0.15, -0.1) is 11.8 Å². The van der Waals surface area contributed by atoms with Crippen LogP contribution in [0.15, 0.2) is 17.3 Å². The fourth-order valence-corrected chi connectivity index (χ4v) is 1.31. The van der Waals surface area contributed by atoms with Crippen molar-refractivity contribution in [1.29, 1.82) is 5.26 Å². The maximum absolute atomic E-state index is 8.61. The van der Waals surface area contributed by atoms with Gasteiger partial charge in [0.1, 0.15) is 11.1 Å². The molecule has 0 unspecified atom stereocenters. The highest BCUT2D eigenvalue weighted by Gasteiger charge is 2.01. The van der Waals surface area contributed by atoms with Gasteiger partial charge in [-0.25, -0.2) is 4.98 Å². The maximum Gasteiger partial charge on any atom is 0.114 e. The van der Waals surface area contributed by atoms with Gasteiger partial charge in [-0.1, -0.05) is 11.6 Å². The second kappa shape index (κ2) is 3.61. The summed E-state index contributed by atoms with van der Waals surface area (Å²) in [5.41, 5.74) is 0.532. The molecule has 2 nitrogen and oxygen atoms in total. The zero-order valence-corrected chi connectivity index (χ0v) is 7.41. The van der Waals surface area contributed by atoms with Crippen molar-refractivity contribution in [3.8, 4) is 6.07 Å². The van der Waals surface area contributed by atoms with Crippen molar-refractivity contribution < 1.29 is 0 Å². The third-order valence-electron chi connectivity index (χ3n) is 1.13.